The smallest absolute Gasteiger partial charge is 0.314 e. The maximum atomic E-state index is 9.43. The summed E-state index contributed by atoms with van der Waals surface area (Å²) in [7, 11) is 0. The molecule has 2 N–H and O–H groups in total. The van der Waals surface area contributed by atoms with Crippen LogP contribution in [0.4, 0.5) is 0 Å². The third kappa shape index (κ3) is 27.0. The summed E-state index contributed by atoms with van der Waals surface area (Å²) in [6.07, 6.45) is 11.1. The molecule has 0 heterocycles. The molecule has 0 bridgehead atoms. The molecule has 0 saturated carbocycles. The number of unbranched alkanes of at least 4 members (excludes halogenated alkanes) is 6. The molecule has 0 aromatic rings. The van der Waals surface area contributed by atoms with Crippen molar-refractivity contribution in [1.29, 1.82) is 0 Å². The summed E-state index contributed by atoms with van der Waals surface area (Å²) < 4.78 is 3.40. The molecule has 0 saturated heterocycles. The SMILES string of the molecule is CCCCC[CH2][Ba][CH2]CCCCC.O=C(O)CC(=O)O. The predicted octanol–water partition coefficient (Wildman–Crippen LogP) is 4.23. The second-order valence-corrected chi connectivity index (χ2v) is 11.8. The number of carboxylic acid groups (broad SMARTS) is 2. The van der Waals surface area contributed by atoms with Crippen LogP contribution in [0.2, 0.25) is 1.78 Å². The van der Waals surface area contributed by atoms with E-state index in [2.05, 4.69) is 13.8 Å². The molecule has 0 spiro atoms. The molecule has 20 heavy (non-hydrogen) atoms. The van der Waals surface area contributed by atoms with Gasteiger partial charge in [0.25, 0.3) is 0 Å². The van der Waals surface area contributed by atoms with Crippen molar-refractivity contribution in [3.63, 3.8) is 0 Å². The van der Waals surface area contributed by atoms with Crippen LogP contribution in [0.1, 0.15) is 71.6 Å². The number of hydrogen-bond acceptors (Lipinski definition) is 2. The van der Waals surface area contributed by atoms with Gasteiger partial charge in [0.2, 0.25) is 0 Å². The van der Waals surface area contributed by atoms with Crippen LogP contribution in [0, 0.1) is 0 Å². The number of carboxylic acids is 2. The first kappa shape index (κ1) is 22.8. The molecule has 0 amide bonds. The Balaban J connectivity index is 0. The topological polar surface area (TPSA) is 74.6 Å². The minimum absolute atomic E-state index is 0.319. The molecule has 0 aromatic heterocycles. The zero-order valence-electron chi connectivity index (χ0n) is 13.2. The summed E-state index contributed by atoms with van der Waals surface area (Å²) in [6, 6.07) is 0. The van der Waals surface area contributed by atoms with E-state index in [9.17, 15) is 9.59 Å². The van der Waals surface area contributed by atoms with E-state index in [1.165, 1.54) is 38.5 Å². The Morgan fingerprint density at radius 2 is 1.15 bits per heavy atom. The fourth-order valence-electron chi connectivity index (χ4n) is 1.87. The molecule has 0 aliphatic heterocycles. The van der Waals surface area contributed by atoms with Crippen molar-refractivity contribution >= 4 is 56.1 Å². The molecule has 0 rings (SSSR count). The van der Waals surface area contributed by atoms with E-state index in [1.54, 1.807) is 14.6 Å². The monoisotopic (exact) mass is 412 g/mol. The van der Waals surface area contributed by atoms with Crippen LogP contribution >= 0.6 is 0 Å². The van der Waals surface area contributed by atoms with Crippen LogP contribution in [0.15, 0.2) is 0 Å². The first-order chi connectivity index (χ1) is 9.54. The normalized spacial score (nSPS) is 9.30. The van der Waals surface area contributed by atoms with E-state index in [-0.39, 0.29) is 44.2 Å². The van der Waals surface area contributed by atoms with Crippen molar-refractivity contribution in [2.45, 2.75) is 73.4 Å². The molecule has 0 aliphatic carbocycles. The number of aliphatic carboxylic acids is 2. The Morgan fingerprint density at radius 1 is 0.750 bits per heavy atom. The largest absolute Gasteiger partial charge is 0.481 e. The maximum Gasteiger partial charge on any atom is 0.314 e. The van der Waals surface area contributed by atoms with Crippen molar-refractivity contribution in [3.05, 3.63) is 0 Å². The molecule has 0 radical (unpaired) electrons. The average molecular weight is 412 g/mol. The van der Waals surface area contributed by atoms with Gasteiger partial charge in [-0.05, 0) is 0 Å². The first-order valence-corrected chi connectivity index (χ1v) is 14.3. The number of hydrogen-bond donors (Lipinski definition) is 2. The molecule has 0 fully saturated rings. The van der Waals surface area contributed by atoms with Gasteiger partial charge in [0.15, 0.2) is 0 Å². The molecule has 5 heteroatoms. The fraction of sp³-hybridized carbons (Fsp3) is 0.867. The van der Waals surface area contributed by atoms with E-state index < -0.39 is 18.4 Å². The van der Waals surface area contributed by atoms with Gasteiger partial charge in [0.1, 0.15) is 6.42 Å². The summed E-state index contributed by atoms with van der Waals surface area (Å²) in [6.45, 7) is 4.60. The standard InChI is InChI=1S/2C6H13.C3H4O4.Ba/c2*1-3-5-6-4-2;4-2(5)1-3(6)7;/h2*1,3-6H2,2H3;1H2,(H,4,5)(H,6,7);. The van der Waals surface area contributed by atoms with Crippen LogP contribution in [0.3, 0.4) is 0 Å². The van der Waals surface area contributed by atoms with E-state index in [0.717, 1.165) is 0 Å². The Hall–Kier alpha value is 0.511. The fourth-order valence-corrected chi connectivity index (χ4v) is 7.42. The summed E-state index contributed by atoms with van der Waals surface area (Å²) in [5.74, 6) is -2.62. The summed E-state index contributed by atoms with van der Waals surface area (Å²) in [5.41, 5.74) is 0. The van der Waals surface area contributed by atoms with Gasteiger partial charge in [0, 0.05) is 0 Å². The van der Waals surface area contributed by atoms with Gasteiger partial charge in [-0.1, -0.05) is 0 Å². The van der Waals surface area contributed by atoms with E-state index >= 15 is 0 Å². The Kier molecular flexibility index (Phi) is 22.2. The molecule has 4 nitrogen and oxygen atoms in total. The van der Waals surface area contributed by atoms with Crippen molar-refractivity contribution in [1.82, 2.24) is 0 Å². The minimum atomic E-state index is -1.31. The third-order valence-electron chi connectivity index (χ3n) is 3.01. The molecule has 116 valence electrons. The van der Waals surface area contributed by atoms with Crippen molar-refractivity contribution in [2.24, 2.45) is 0 Å². The number of rotatable bonds is 12. The van der Waals surface area contributed by atoms with E-state index in [0.29, 0.717) is 0 Å². The van der Waals surface area contributed by atoms with Crippen LogP contribution in [0.25, 0.3) is 0 Å². The van der Waals surface area contributed by atoms with Gasteiger partial charge in [0.05, 0.1) is 0 Å². The Morgan fingerprint density at radius 3 is 1.40 bits per heavy atom. The van der Waals surface area contributed by atoms with Crippen LogP contribution in [-0.2, 0) is 9.59 Å². The average Bonchev–Trinajstić information content (AvgIpc) is 2.36. The van der Waals surface area contributed by atoms with Crippen LogP contribution in [-0.4, -0.2) is 66.3 Å². The summed E-state index contributed by atoms with van der Waals surface area (Å²) in [4.78, 5) is 18.9. The quantitative estimate of drug-likeness (QED) is 0.286. The molecular formula is C15H30BaO4. The zero-order valence-corrected chi connectivity index (χ0v) is 17.6. The van der Waals surface area contributed by atoms with E-state index in [4.69, 9.17) is 10.2 Å². The second-order valence-electron chi connectivity index (χ2n) is 5.15. The maximum absolute atomic E-state index is 9.43. The Bertz CT molecular complexity index is 210. The van der Waals surface area contributed by atoms with Crippen molar-refractivity contribution in [3.8, 4) is 0 Å². The van der Waals surface area contributed by atoms with Crippen molar-refractivity contribution < 1.29 is 19.8 Å². The molecule has 0 aromatic carbocycles. The van der Waals surface area contributed by atoms with Crippen LogP contribution < -0.4 is 0 Å². The molecular weight excluding hydrogens is 381 g/mol. The van der Waals surface area contributed by atoms with Gasteiger partial charge < -0.3 is 10.2 Å². The van der Waals surface area contributed by atoms with Crippen molar-refractivity contribution in [2.75, 3.05) is 0 Å². The molecule has 0 unspecified atom stereocenters. The first-order valence-electron chi connectivity index (χ1n) is 7.98. The van der Waals surface area contributed by atoms with Gasteiger partial charge >= 0.3 is 123 Å². The van der Waals surface area contributed by atoms with Gasteiger partial charge in [-0.25, -0.2) is 0 Å². The molecule has 0 atom stereocenters. The summed E-state index contributed by atoms with van der Waals surface area (Å²) >= 11 is -0.319. The van der Waals surface area contributed by atoms with Gasteiger partial charge in [-0.15, -0.1) is 0 Å². The zero-order chi connectivity index (χ0) is 15.6. The minimum Gasteiger partial charge on any atom is -0.481 e. The van der Waals surface area contributed by atoms with Crippen LogP contribution in [0.5, 0.6) is 0 Å². The third-order valence-corrected chi connectivity index (χ3v) is 9.29. The number of carbonyl (C=O) groups is 2. The van der Waals surface area contributed by atoms with E-state index in [1.807, 2.05) is 0 Å². The van der Waals surface area contributed by atoms with Gasteiger partial charge in [-0.3, -0.25) is 9.59 Å². The summed E-state index contributed by atoms with van der Waals surface area (Å²) in [5, 5.41) is 15.4. The predicted molar refractivity (Wildman–Crippen MR) is 83.5 cm³/mol. The second kappa shape index (κ2) is 19.5. The Labute approximate surface area is 148 Å². The van der Waals surface area contributed by atoms with Gasteiger partial charge in [-0.2, -0.15) is 0 Å². The molecule has 0 aliphatic rings.